The maximum Gasteiger partial charge on any atom is 0.410 e. The number of amides is 1. The molecule has 1 fully saturated rings. The molecular weight excluding hydrogens is 316 g/mol. The molecule has 0 saturated carbocycles. The third kappa shape index (κ3) is 5.28. The quantitative estimate of drug-likeness (QED) is 0.815. The van der Waals surface area contributed by atoms with Gasteiger partial charge in [0.2, 0.25) is 0 Å². The van der Waals surface area contributed by atoms with Crippen molar-refractivity contribution < 1.29 is 14.3 Å². The van der Waals surface area contributed by atoms with Gasteiger partial charge >= 0.3 is 6.09 Å². The fourth-order valence-corrected chi connectivity index (χ4v) is 3.20. The predicted octanol–water partition coefficient (Wildman–Crippen LogP) is 4.48. The van der Waals surface area contributed by atoms with Crippen molar-refractivity contribution in [3.8, 4) is 5.75 Å². The molecule has 0 aromatic heterocycles. The highest BCUT2D eigenvalue weighted by atomic mass is 16.6. The zero-order valence-electron chi connectivity index (χ0n) is 16.2. The maximum atomic E-state index is 12.2. The molecule has 25 heavy (non-hydrogen) atoms. The van der Waals surface area contributed by atoms with E-state index in [4.69, 9.17) is 15.2 Å². The molecule has 5 nitrogen and oxygen atoms in total. The van der Waals surface area contributed by atoms with Crippen LogP contribution in [-0.2, 0) is 4.74 Å². The van der Waals surface area contributed by atoms with Gasteiger partial charge in [0.25, 0.3) is 0 Å². The smallest absolute Gasteiger partial charge is 0.410 e. The van der Waals surface area contributed by atoms with Gasteiger partial charge in [0.05, 0.1) is 12.3 Å². The van der Waals surface area contributed by atoms with Gasteiger partial charge in [-0.2, -0.15) is 0 Å². The number of ether oxygens (including phenoxy) is 2. The number of hydrogen-bond donors (Lipinski definition) is 1. The predicted molar refractivity (Wildman–Crippen MR) is 101 cm³/mol. The van der Waals surface area contributed by atoms with Crippen molar-refractivity contribution in [3.05, 3.63) is 23.3 Å². The van der Waals surface area contributed by atoms with Crippen LogP contribution in [0.2, 0.25) is 0 Å². The van der Waals surface area contributed by atoms with E-state index in [9.17, 15) is 4.79 Å². The molecule has 0 unspecified atom stereocenters. The van der Waals surface area contributed by atoms with E-state index in [-0.39, 0.29) is 6.09 Å². The number of hydrogen-bond acceptors (Lipinski definition) is 4. The Morgan fingerprint density at radius 3 is 2.48 bits per heavy atom. The van der Waals surface area contributed by atoms with Crippen molar-refractivity contribution in [2.45, 2.75) is 65.4 Å². The van der Waals surface area contributed by atoms with Gasteiger partial charge in [0, 0.05) is 13.1 Å². The fraction of sp³-hybridized carbons (Fsp3) is 0.650. The second kappa shape index (κ2) is 7.98. The summed E-state index contributed by atoms with van der Waals surface area (Å²) in [5, 5.41) is 0. The van der Waals surface area contributed by atoms with Gasteiger partial charge in [-0.05, 0) is 76.1 Å². The Hall–Kier alpha value is -1.91. The topological polar surface area (TPSA) is 64.8 Å². The number of piperidine rings is 1. The lowest BCUT2D eigenvalue weighted by molar-refractivity contribution is 0.0204. The Balaban J connectivity index is 2.04. The van der Waals surface area contributed by atoms with Gasteiger partial charge in [-0.3, -0.25) is 0 Å². The molecule has 2 N–H and O–H groups in total. The Morgan fingerprint density at radius 2 is 1.92 bits per heavy atom. The number of aryl methyl sites for hydroxylation is 1. The summed E-state index contributed by atoms with van der Waals surface area (Å²) in [6, 6.07) is 4.09. The van der Waals surface area contributed by atoms with E-state index >= 15 is 0 Å². The van der Waals surface area contributed by atoms with E-state index in [2.05, 4.69) is 19.9 Å². The van der Waals surface area contributed by atoms with Crippen molar-refractivity contribution in [1.82, 2.24) is 4.90 Å². The summed E-state index contributed by atoms with van der Waals surface area (Å²) in [6.07, 6.45) is 2.60. The first kappa shape index (κ1) is 19.4. The molecule has 1 heterocycles. The number of rotatable bonds is 4. The molecular formula is C20H32N2O3. The third-order valence-electron chi connectivity index (χ3n) is 4.45. The molecule has 0 radical (unpaired) electrons. The number of likely N-dealkylation sites (tertiary alicyclic amines) is 1. The second-order valence-electron chi connectivity index (χ2n) is 7.84. The zero-order valence-corrected chi connectivity index (χ0v) is 16.2. The van der Waals surface area contributed by atoms with Gasteiger partial charge in [-0.25, -0.2) is 4.79 Å². The summed E-state index contributed by atoms with van der Waals surface area (Å²) >= 11 is 0. The van der Waals surface area contributed by atoms with Gasteiger partial charge in [-0.15, -0.1) is 0 Å². The molecule has 1 aromatic carbocycles. The van der Waals surface area contributed by atoms with Crippen molar-refractivity contribution in [1.29, 1.82) is 0 Å². The average Bonchev–Trinajstić information content (AvgIpc) is 2.53. The minimum atomic E-state index is -0.451. The number of anilines is 1. The molecule has 2 rings (SSSR count). The number of nitrogen functional groups attached to an aromatic ring is 1. The van der Waals surface area contributed by atoms with Gasteiger partial charge in [0.15, 0.2) is 0 Å². The Labute approximate surface area is 151 Å². The monoisotopic (exact) mass is 348 g/mol. The first-order valence-corrected chi connectivity index (χ1v) is 9.22. The van der Waals surface area contributed by atoms with E-state index in [0.717, 1.165) is 25.0 Å². The summed E-state index contributed by atoms with van der Waals surface area (Å²) in [5.74, 6) is 1.19. The minimum Gasteiger partial charge on any atom is -0.491 e. The summed E-state index contributed by atoms with van der Waals surface area (Å²) in [4.78, 5) is 14.0. The van der Waals surface area contributed by atoms with Crippen LogP contribution in [0.25, 0.3) is 0 Å². The average molecular weight is 348 g/mol. The van der Waals surface area contributed by atoms with E-state index in [1.807, 2.05) is 31.7 Å². The van der Waals surface area contributed by atoms with Crippen LogP contribution < -0.4 is 10.5 Å². The Kier molecular flexibility index (Phi) is 6.20. The molecule has 1 aliphatic rings. The Bertz CT molecular complexity index is 600. The summed E-state index contributed by atoms with van der Waals surface area (Å²) in [5.41, 5.74) is 8.80. The third-order valence-corrected chi connectivity index (χ3v) is 4.45. The highest BCUT2D eigenvalue weighted by Gasteiger charge is 2.28. The largest absolute Gasteiger partial charge is 0.491 e. The molecule has 0 spiro atoms. The molecule has 1 aromatic rings. The Morgan fingerprint density at radius 1 is 1.28 bits per heavy atom. The maximum absolute atomic E-state index is 12.2. The lowest BCUT2D eigenvalue weighted by Gasteiger charge is -2.34. The molecule has 5 heteroatoms. The number of carbonyl (C=O) groups excluding carboxylic acids is 1. The lowest BCUT2D eigenvalue weighted by atomic mass is 9.86. The fourth-order valence-electron chi connectivity index (χ4n) is 3.20. The molecule has 1 aliphatic heterocycles. The van der Waals surface area contributed by atoms with E-state index < -0.39 is 5.60 Å². The lowest BCUT2D eigenvalue weighted by Crippen LogP contribution is -2.41. The van der Waals surface area contributed by atoms with Crippen LogP contribution in [0.15, 0.2) is 12.1 Å². The van der Waals surface area contributed by atoms with Crippen molar-refractivity contribution in [3.63, 3.8) is 0 Å². The molecule has 0 aliphatic carbocycles. The van der Waals surface area contributed by atoms with Crippen LogP contribution in [0.3, 0.4) is 0 Å². The van der Waals surface area contributed by atoms with Crippen LogP contribution >= 0.6 is 0 Å². The second-order valence-corrected chi connectivity index (χ2v) is 7.84. The van der Waals surface area contributed by atoms with E-state index in [1.165, 1.54) is 11.1 Å². The molecule has 140 valence electrons. The normalized spacial score (nSPS) is 16.0. The number of carbonyl (C=O) groups is 1. The van der Waals surface area contributed by atoms with Crippen LogP contribution in [0.1, 0.15) is 64.0 Å². The molecule has 0 atom stereocenters. The number of nitrogens with two attached hydrogens (primary N) is 1. The van der Waals surface area contributed by atoms with Crippen LogP contribution in [0.5, 0.6) is 5.75 Å². The molecule has 0 bridgehead atoms. The molecule has 1 saturated heterocycles. The van der Waals surface area contributed by atoms with Crippen LogP contribution in [-0.4, -0.2) is 36.3 Å². The standard InChI is InChI=1S/C20H32N2O3/c1-6-11-24-18-13-16(14(2)12-17(18)21)15-7-9-22(10-8-15)19(23)25-20(3,4)5/h12-13,15H,6-11,21H2,1-5H3. The first-order chi connectivity index (χ1) is 11.7. The number of nitrogens with zero attached hydrogens (tertiary/aromatic N) is 1. The van der Waals surface area contributed by atoms with Crippen molar-refractivity contribution >= 4 is 11.8 Å². The summed E-state index contributed by atoms with van der Waals surface area (Å²) in [6.45, 7) is 12.0. The zero-order chi connectivity index (χ0) is 18.6. The molecule has 1 amide bonds. The summed E-state index contributed by atoms with van der Waals surface area (Å²) in [7, 11) is 0. The SMILES string of the molecule is CCCOc1cc(C2CCN(C(=O)OC(C)(C)C)CC2)c(C)cc1N. The summed E-state index contributed by atoms with van der Waals surface area (Å²) < 4.78 is 11.2. The van der Waals surface area contributed by atoms with Crippen LogP contribution in [0.4, 0.5) is 10.5 Å². The first-order valence-electron chi connectivity index (χ1n) is 9.22. The number of benzene rings is 1. The van der Waals surface area contributed by atoms with E-state index in [1.54, 1.807) is 0 Å². The van der Waals surface area contributed by atoms with Crippen LogP contribution in [0, 0.1) is 6.92 Å². The van der Waals surface area contributed by atoms with Gasteiger partial charge in [0.1, 0.15) is 11.4 Å². The highest BCUT2D eigenvalue weighted by molar-refractivity contribution is 5.68. The van der Waals surface area contributed by atoms with Gasteiger partial charge < -0.3 is 20.1 Å². The minimum absolute atomic E-state index is 0.216. The van der Waals surface area contributed by atoms with Crippen molar-refractivity contribution in [2.24, 2.45) is 0 Å². The van der Waals surface area contributed by atoms with E-state index in [0.29, 0.717) is 31.3 Å². The van der Waals surface area contributed by atoms with Gasteiger partial charge in [-0.1, -0.05) is 6.92 Å². The van der Waals surface area contributed by atoms with Crippen molar-refractivity contribution in [2.75, 3.05) is 25.4 Å². The highest BCUT2D eigenvalue weighted by Crippen LogP contribution is 2.35.